The number of piperazine rings is 2. The van der Waals surface area contributed by atoms with Crippen LogP contribution in [0.1, 0.15) is 10.4 Å². The molecule has 1 aromatic heterocycles. The van der Waals surface area contributed by atoms with Crippen LogP contribution < -0.4 is 15.1 Å². The maximum atomic E-state index is 13.4. The van der Waals surface area contributed by atoms with Crippen LogP contribution in [0.2, 0.25) is 0 Å². The third kappa shape index (κ3) is 4.51. The molecule has 0 unspecified atom stereocenters. The molecule has 1 N–H and O–H groups in total. The molecule has 2 aliphatic heterocycles. The van der Waals surface area contributed by atoms with E-state index in [2.05, 4.69) is 62.2 Å². The van der Waals surface area contributed by atoms with Gasteiger partial charge in [0.1, 0.15) is 0 Å². The van der Waals surface area contributed by atoms with Crippen LogP contribution in [0.25, 0.3) is 10.8 Å². The number of benzene rings is 2. The van der Waals surface area contributed by atoms with Crippen LogP contribution in [-0.4, -0.2) is 87.1 Å². The Morgan fingerprint density at radius 2 is 1.39 bits per heavy atom. The van der Waals surface area contributed by atoms with E-state index in [0.29, 0.717) is 5.56 Å². The summed E-state index contributed by atoms with van der Waals surface area (Å²) in [6, 6.07) is 14.1. The normalized spacial score (nSPS) is 18.0. The van der Waals surface area contributed by atoms with Gasteiger partial charge in [0.15, 0.2) is 0 Å². The molecule has 0 atom stereocenters. The Morgan fingerprint density at radius 1 is 0.758 bits per heavy atom. The molecule has 0 saturated carbocycles. The highest BCUT2D eigenvalue weighted by Gasteiger charge is 2.21. The lowest BCUT2D eigenvalue weighted by atomic mass is 10.1. The van der Waals surface area contributed by atoms with Gasteiger partial charge in [-0.25, -0.2) is 0 Å². The summed E-state index contributed by atoms with van der Waals surface area (Å²) in [5.41, 5.74) is 3.72. The van der Waals surface area contributed by atoms with Gasteiger partial charge in [0.25, 0.3) is 5.91 Å². The Kier molecular flexibility index (Phi) is 6.15. The molecule has 33 heavy (non-hydrogen) atoms. The van der Waals surface area contributed by atoms with Gasteiger partial charge in [0.05, 0.1) is 11.3 Å². The fourth-order valence-corrected chi connectivity index (χ4v) is 4.78. The largest absolute Gasteiger partial charge is 0.368 e. The summed E-state index contributed by atoms with van der Waals surface area (Å²) < 4.78 is 0. The van der Waals surface area contributed by atoms with Gasteiger partial charge in [-0.2, -0.15) is 0 Å². The third-order valence-corrected chi connectivity index (χ3v) is 6.88. The number of anilines is 3. The monoisotopic (exact) mass is 444 g/mol. The van der Waals surface area contributed by atoms with Crippen molar-refractivity contribution in [1.29, 1.82) is 0 Å². The number of likely N-dealkylation sites (N-methyl/N-ethyl adjacent to an activating group) is 2. The van der Waals surface area contributed by atoms with Gasteiger partial charge in [-0.1, -0.05) is 12.1 Å². The van der Waals surface area contributed by atoms with Gasteiger partial charge in [-0.3, -0.25) is 9.78 Å². The van der Waals surface area contributed by atoms with E-state index < -0.39 is 0 Å². The van der Waals surface area contributed by atoms with Crippen LogP contribution in [0.4, 0.5) is 17.1 Å². The fraction of sp³-hybridized carbons (Fsp3) is 0.385. The first-order valence-electron chi connectivity index (χ1n) is 11.7. The number of rotatable bonds is 4. The molecular formula is C26H32N6O. The molecule has 2 aromatic carbocycles. The minimum absolute atomic E-state index is 0.0815. The van der Waals surface area contributed by atoms with Gasteiger partial charge >= 0.3 is 0 Å². The lowest BCUT2D eigenvalue weighted by Crippen LogP contribution is -2.45. The maximum absolute atomic E-state index is 13.4. The minimum Gasteiger partial charge on any atom is -0.368 e. The fourth-order valence-electron chi connectivity index (χ4n) is 4.78. The Morgan fingerprint density at radius 3 is 2.09 bits per heavy atom. The summed E-state index contributed by atoms with van der Waals surface area (Å²) in [6.45, 7) is 7.94. The molecule has 5 rings (SSSR count). The van der Waals surface area contributed by atoms with Gasteiger partial charge in [-0.15, -0.1) is 0 Å². The molecule has 2 fully saturated rings. The summed E-state index contributed by atoms with van der Waals surface area (Å²) in [5.74, 6) is -0.0815. The zero-order valence-electron chi connectivity index (χ0n) is 19.5. The second kappa shape index (κ2) is 9.37. The molecule has 1 amide bonds. The van der Waals surface area contributed by atoms with Crippen molar-refractivity contribution in [1.82, 2.24) is 14.8 Å². The molecule has 7 heteroatoms. The average molecular weight is 445 g/mol. The number of nitrogens with one attached hydrogen (secondary N) is 1. The number of para-hydroxylation sites is 1. The predicted molar refractivity (Wildman–Crippen MR) is 136 cm³/mol. The Labute approximate surface area is 195 Å². The minimum atomic E-state index is -0.0815. The molecule has 2 saturated heterocycles. The van der Waals surface area contributed by atoms with Crippen molar-refractivity contribution in [3.8, 4) is 0 Å². The number of nitrogens with zero attached hydrogens (tertiary/aromatic N) is 5. The number of hydrogen-bond acceptors (Lipinski definition) is 6. The van der Waals surface area contributed by atoms with E-state index in [1.165, 1.54) is 5.69 Å². The average Bonchev–Trinajstić information content (AvgIpc) is 2.85. The lowest BCUT2D eigenvalue weighted by Gasteiger charge is -2.35. The van der Waals surface area contributed by atoms with Gasteiger partial charge < -0.3 is 24.9 Å². The van der Waals surface area contributed by atoms with Gasteiger partial charge in [0, 0.05) is 86.9 Å². The molecule has 0 bridgehead atoms. The van der Waals surface area contributed by atoms with Gasteiger partial charge in [-0.05, 0) is 44.4 Å². The number of hydrogen-bond donors (Lipinski definition) is 1. The first kappa shape index (κ1) is 21.7. The summed E-state index contributed by atoms with van der Waals surface area (Å²) >= 11 is 0. The van der Waals surface area contributed by atoms with Crippen molar-refractivity contribution >= 4 is 33.7 Å². The Balaban J connectivity index is 1.42. The van der Waals surface area contributed by atoms with Crippen LogP contribution in [-0.2, 0) is 0 Å². The molecule has 172 valence electrons. The van der Waals surface area contributed by atoms with Crippen molar-refractivity contribution < 1.29 is 4.79 Å². The molecular weight excluding hydrogens is 412 g/mol. The lowest BCUT2D eigenvalue weighted by molar-refractivity contribution is 0.102. The quantitative estimate of drug-likeness (QED) is 0.668. The molecule has 0 aliphatic carbocycles. The number of carbonyl (C=O) groups excluding carboxylic acids is 1. The second-order valence-corrected chi connectivity index (χ2v) is 9.11. The van der Waals surface area contributed by atoms with Crippen LogP contribution in [0.5, 0.6) is 0 Å². The van der Waals surface area contributed by atoms with Crippen molar-refractivity contribution in [2.24, 2.45) is 0 Å². The smallest absolute Gasteiger partial charge is 0.257 e. The zero-order chi connectivity index (χ0) is 22.8. The highest BCUT2D eigenvalue weighted by Crippen LogP contribution is 2.33. The van der Waals surface area contributed by atoms with E-state index in [1.807, 2.05) is 36.7 Å². The zero-order valence-corrected chi connectivity index (χ0v) is 19.5. The summed E-state index contributed by atoms with van der Waals surface area (Å²) in [5, 5.41) is 5.28. The number of amides is 1. The highest BCUT2D eigenvalue weighted by atomic mass is 16.1. The third-order valence-electron chi connectivity index (χ3n) is 6.88. The van der Waals surface area contributed by atoms with Crippen LogP contribution >= 0.6 is 0 Å². The SMILES string of the molecule is CN1CCN(c2ccccc2C(=O)Nc2ccc(N3CCN(C)CC3)c3ccncc23)CC1. The molecule has 3 heterocycles. The Bertz CT molecular complexity index is 1130. The topological polar surface area (TPSA) is 55.0 Å². The van der Waals surface area contributed by atoms with E-state index in [9.17, 15) is 4.79 Å². The van der Waals surface area contributed by atoms with Crippen molar-refractivity contribution in [3.05, 3.63) is 60.4 Å². The van der Waals surface area contributed by atoms with Crippen molar-refractivity contribution in [2.45, 2.75) is 0 Å². The highest BCUT2D eigenvalue weighted by molar-refractivity contribution is 6.13. The van der Waals surface area contributed by atoms with Crippen LogP contribution in [0.15, 0.2) is 54.9 Å². The van der Waals surface area contributed by atoms with Crippen LogP contribution in [0.3, 0.4) is 0 Å². The molecule has 0 spiro atoms. The summed E-state index contributed by atoms with van der Waals surface area (Å²) in [4.78, 5) is 27.2. The predicted octanol–water partition coefficient (Wildman–Crippen LogP) is 2.99. The molecule has 2 aliphatic rings. The second-order valence-electron chi connectivity index (χ2n) is 9.11. The van der Waals surface area contributed by atoms with Crippen molar-refractivity contribution in [2.75, 3.05) is 81.6 Å². The van der Waals surface area contributed by atoms with E-state index in [4.69, 9.17) is 0 Å². The first-order valence-corrected chi connectivity index (χ1v) is 11.7. The summed E-state index contributed by atoms with van der Waals surface area (Å²) in [6.07, 6.45) is 3.69. The maximum Gasteiger partial charge on any atom is 0.257 e. The first-order chi connectivity index (χ1) is 16.1. The molecule has 3 aromatic rings. The van der Waals surface area contributed by atoms with E-state index in [0.717, 1.165) is 74.5 Å². The molecule has 7 nitrogen and oxygen atoms in total. The van der Waals surface area contributed by atoms with Gasteiger partial charge in [0.2, 0.25) is 0 Å². The Hall–Kier alpha value is -3.16. The van der Waals surface area contributed by atoms with E-state index in [-0.39, 0.29) is 5.91 Å². The van der Waals surface area contributed by atoms with Crippen LogP contribution in [0, 0.1) is 0 Å². The van der Waals surface area contributed by atoms with E-state index >= 15 is 0 Å². The van der Waals surface area contributed by atoms with E-state index in [1.54, 1.807) is 0 Å². The molecule has 0 radical (unpaired) electrons. The standard InChI is InChI=1S/C26H32N6O/c1-29-11-15-31(16-12-29)24-6-4-3-5-21(24)26(33)28-23-7-8-25(20-9-10-27-19-22(20)23)32-17-13-30(2)14-18-32/h3-10,19H,11-18H2,1-2H3,(H,28,33). The van der Waals surface area contributed by atoms with Crippen molar-refractivity contribution in [3.63, 3.8) is 0 Å². The number of carbonyl (C=O) groups is 1. The number of fused-ring (bicyclic) bond motifs is 1. The number of aromatic nitrogens is 1. The summed E-state index contributed by atoms with van der Waals surface area (Å²) in [7, 11) is 4.30. The number of pyridine rings is 1.